The van der Waals surface area contributed by atoms with E-state index in [0.29, 0.717) is 23.4 Å². The molecule has 0 fully saturated rings. The number of rotatable bonds is 3. The second-order valence-electron chi connectivity index (χ2n) is 6.33. The van der Waals surface area contributed by atoms with Crippen molar-refractivity contribution < 1.29 is 23.6 Å². The second kappa shape index (κ2) is 6.40. The van der Waals surface area contributed by atoms with Gasteiger partial charge in [0, 0.05) is 11.5 Å². The van der Waals surface area contributed by atoms with Crippen LogP contribution < -0.4 is 0 Å². The van der Waals surface area contributed by atoms with Gasteiger partial charge in [-0.1, -0.05) is 23.4 Å². The highest BCUT2D eigenvalue weighted by Gasteiger charge is 2.34. The zero-order valence-corrected chi connectivity index (χ0v) is 14.0. The third-order valence-electron chi connectivity index (χ3n) is 3.40. The maximum atomic E-state index is 12.5. The SMILES string of the molecule is COC(=O)C1=CC=CCC1c1noc(C)c1C(=O)OC(C)(C)C. The molecule has 1 aromatic heterocycles. The van der Waals surface area contributed by atoms with E-state index in [1.54, 1.807) is 39.8 Å². The van der Waals surface area contributed by atoms with E-state index in [4.69, 9.17) is 14.0 Å². The number of allylic oxidation sites excluding steroid dienone is 3. The van der Waals surface area contributed by atoms with Crippen molar-refractivity contribution in [2.24, 2.45) is 0 Å². The van der Waals surface area contributed by atoms with Crippen molar-refractivity contribution in [3.8, 4) is 0 Å². The normalized spacial score (nSPS) is 17.6. The molecule has 0 bridgehead atoms. The second-order valence-corrected chi connectivity index (χ2v) is 6.33. The molecule has 2 rings (SSSR count). The Morgan fingerprint density at radius 1 is 1.30 bits per heavy atom. The number of hydrogen-bond donors (Lipinski definition) is 0. The molecule has 1 aliphatic carbocycles. The molecule has 0 saturated heterocycles. The van der Waals surface area contributed by atoms with E-state index >= 15 is 0 Å². The number of methoxy groups -OCH3 is 1. The van der Waals surface area contributed by atoms with Crippen molar-refractivity contribution in [2.75, 3.05) is 7.11 Å². The third kappa shape index (κ3) is 3.70. The van der Waals surface area contributed by atoms with Crippen LogP contribution in [0.25, 0.3) is 0 Å². The van der Waals surface area contributed by atoms with Crippen LogP contribution in [0.1, 0.15) is 54.9 Å². The van der Waals surface area contributed by atoms with Gasteiger partial charge in [-0.15, -0.1) is 0 Å². The first kappa shape index (κ1) is 17.0. The van der Waals surface area contributed by atoms with Gasteiger partial charge in [0.25, 0.3) is 0 Å². The Balaban J connectivity index is 2.41. The van der Waals surface area contributed by atoms with Crippen LogP contribution in [0.3, 0.4) is 0 Å². The van der Waals surface area contributed by atoms with Crippen LogP contribution in [0.4, 0.5) is 0 Å². The molecule has 1 atom stereocenters. The Bertz CT molecular complexity index is 676. The van der Waals surface area contributed by atoms with E-state index in [1.807, 2.05) is 6.08 Å². The fraction of sp³-hybridized carbons (Fsp3) is 0.471. The van der Waals surface area contributed by atoms with Crippen molar-refractivity contribution in [1.29, 1.82) is 0 Å². The van der Waals surface area contributed by atoms with Gasteiger partial charge in [0.05, 0.1) is 7.11 Å². The highest BCUT2D eigenvalue weighted by atomic mass is 16.6. The average molecular weight is 319 g/mol. The molecule has 0 aliphatic heterocycles. The van der Waals surface area contributed by atoms with Crippen LogP contribution in [-0.2, 0) is 14.3 Å². The highest BCUT2D eigenvalue weighted by Crippen LogP contribution is 2.35. The lowest BCUT2D eigenvalue weighted by Gasteiger charge is -2.21. The fourth-order valence-corrected chi connectivity index (χ4v) is 2.42. The molecule has 1 heterocycles. The first-order valence-corrected chi connectivity index (χ1v) is 7.39. The standard InChI is InChI=1S/C17H21NO5/c1-10-13(16(20)22-17(2,3)4)14(18-23-10)11-8-6-7-9-12(11)15(19)21-5/h6-7,9,11H,8H2,1-5H3. The van der Waals surface area contributed by atoms with E-state index in [-0.39, 0.29) is 5.56 Å². The summed E-state index contributed by atoms with van der Waals surface area (Å²) in [4.78, 5) is 24.4. The van der Waals surface area contributed by atoms with Crippen molar-refractivity contribution in [1.82, 2.24) is 5.16 Å². The quantitative estimate of drug-likeness (QED) is 0.797. The number of carbonyl (C=O) groups excluding carboxylic acids is 2. The minimum atomic E-state index is -0.633. The van der Waals surface area contributed by atoms with Crippen LogP contribution in [0.15, 0.2) is 28.3 Å². The van der Waals surface area contributed by atoms with Crippen LogP contribution in [0.5, 0.6) is 0 Å². The van der Waals surface area contributed by atoms with Crippen LogP contribution in [0.2, 0.25) is 0 Å². The Labute approximate surface area is 135 Å². The summed E-state index contributed by atoms with van der Waals surface area (Å²) in [6.45, 7) is 7.01. The minimum Gasteiger partial charge on any atom is -0.466 e. The first-order chi connectivity index (χ1) is 10.7. The lowest BCUT2D eigenvalue weighted by atomic mass is 9.86. The Morgan fingerprint density at radius 2 is 2.00 bits per heavy atom. The van der Waals surface area contributed by atoms with Gasteiger partial charge in [0.1, 0.15) is 22.6 Å². The Hall–Kier alpha value is -2.37. The summed E-state index contributed by atoms with van der Waals surface area (Å²) in [5.41, 5.74) is 0.479. The van der Waals surface area contributed by atoms with Gasteiger partial charge in [0.15, 0.2) is 0 Å². The maximum Gasteiger partial charge on any atom is 0.344 e. The Morgan fingerprint density at radius 3 is 2.61 bits per heavy atom. The molecule has 1 unspecified atom stereocenters. The summed E-state index contributed by atoms with van der Waals surface area (Å²) in [6.07, 6.45) is 5.88. The van der Waals surface area contributed by atoms with Gasteiger partial charge in [-0.3, -0.25) is 0 Å². The van der Waals surface area contributed by atoms with Gasteiger partial charge >= 0.3 is 11.9 Å². The zero-order valence-electron chi connectivity index (χ0n) is 14.0. The molecular weight excluding hydrogens is 298 g/mol. The number of hydrogen-bond acceptors (Lipinski definition) is 6. The van der Waals surface area contributed by atoms with Gasteiger partial charge in [0.2, 0.25) is 0 Å². The van der Waals surface area contributed by atoms with E-state index in [9.17, 15) is 9.59 Å². The summed E-state index contributed by atoms with van der Waals surface area (Å²) in [7, 11) is 1.32. The predicted octanol–water partition coefficient (Wildman–Crippen LogP) is 3.08. The maximum absolute atomic E-state index is 12.5. The molecule has 6 heteroatoms. The number of ether oxygens (including phenoxy) is 2. The van der Waals surface area contributed by atoms with Crippen LogP contribution >= 0.6 is 0 Å². The molecule has 124 valence electrons. The number of aryl methyl sites for hydroxylation is 1. The third-order valence-corrected chi connectivity index (χ3v) is 3.40. The fourth-order valence-electron chi connectivity index (χ4n) is 2.42. The van der Waals surface area contributed by atoms with Crippen LogP contribution in [-0.4, -0.2) is 29.8 Å². The largest absolute Gasteiger partial charge is 0.466 e. The topological polar surface area (TPSA) is 78.6 Å². The zero-order chi connectivity index (χ0) is 17.2. The summed E-state index contributed by atoms with van der Waals surface area (Å²) >= 11 is 0. The lowest BCUT2D eigenvalue weighted by Crippen LogP contribution is -2.25. The van der Waals surface area contributed by atoms with Gasteiger partial charge in [-0.05, 0) is 34.1 Å². The molecule has 0 saturated carbocycles. The number of aromatic nitrogens is 1. The van der Waals surface area contributed by atoms with Crippen molar-refractivity contribution in [2.45, 2.75) is 45.6 Å². The van der Waals surface area contributed by atoms with E-state index in [1.165, 1.54) is 7.11 Å². The van der Waals surface area contributed by atoms with Gasteiger partial charge < -0.3 is 14.0 Å². The molecule has 1 aliphatic rings. The molecule has 0 spiro atoms. The molecule has 0 amide bonds. The van der Waals surface area contributed by atoms with E-state index < -0.39 is 23.5 Å². The number of esters is 2. The Kier molecular flexibility index (Phi) is 4.73. The molecule has 0 radical (unpaired) electrons. The molecule has 0 aromatic carbocycles. The lowest BCUT2D eigenvalue weighted by molar-refractivity contribution is -0.136. The smallest absolute Gasteiger partial charge is 0.344 e. The van der Waals surface area contributed by atoms with Crippen LogP contribution in [0, 0.1) is 6.92 Å². The minimum absolute atomic E-state index is 0.273. The first-order valence-electron chi connectivity index (χ1n) is 7.39. The van der Waals surface area contributed by atoms with Crippen molar-refractivity contribution in [3.63, 3.8) is 0 Å². The predicted molar refractivity (Wildman–Crippen MR) is 83.0 cm³/mol. The highest BCUT2D eigenvalue weighted by molar-refractivity contribution is 5.95. The summed E-state index contributed by atoms with van der Waals surface area (Å²) in [5.74, 6) is -0.986. The summed E-state index contributed by atoms with van der Waals surface area (Å²) in [6, 6.07) is 0. The van der Waals surface area contributed by atoms with Crippen molar-refractivity contribution in [3.05, 3.63) is 40.8 Å². The number of nitrogens with zero attached hydrogens (tertiary/aromatic N) is 1. The molecule has 6 nitrogen and oxygen atoms in total. The molecular formula is C17H21NO5. The molecule has 0 N–H and O–H groups in total. The van der Waals surface area contributed by atoms with E-state index in [2.05, 4.69) is 5.16 Å². The molecule has 1 aromatic rings. The van der Waals surface area contributed by atoms with Gasteiger partial charge in [-0.2, -0.15) is 0 Å². The monoisotopic (exact) mass is 319 g/mol. The van der Waals surface area contributed by atoms with E-state index in [0.717, 1.165) is 0 Å². The number of carbonyl (C=O) groups is 2. The average Bonchev–Trinajstić information content (AvgIpc) is 2.86. The summed E-state index contributed by atoms with van der Waals surface area (Å²) < 4.78 is 15.4. The summed E-state index contributed by atoms with van der Waals surface area (Å²) in [5, 5.41) is 4.00. The molecule has 23 heavy (non-hydrogen) atoms. The van der Waals surface area contributed by atoms with Gasteiger partial charge in [-0.25, -0.2) is 9.59 Å². The van der Waals surface area contributed by atoms with Crippen molar-refractivity contribution >= 4 is 11.9 Å².